The minimum Gasteiger partial charge on any atom is -0.369 e. The molecule has 0 aromatic rings. The quantitative estimate of drug-likeness (QED) is 0.459. The fraction of sp³-hybridized carbons (Fsp3) is 1.00. The topological polar surface area (TPSA) is 92.3 Å². The zero-order valence-electron chi connectivity index (χ0n) is 24.0. The van der Waals surface area contributed by atoms with Gasteiger partial charge in [0, 0.05) is 30.1 Å². The highest BCUT2D eigenvalue weighted by Crippen LogP contribution is 2.62. The predicted octanol–water partition coefficient (Wildman–Crippen LogP) is 4.41. The van der Waals surface area contributed by atoms with E-state index in [4.69, 9.17) is 48.0 Å². The van der Waals surface area contributed by atoms with E-state index in [-0.39, 0.29) is 29.8 Å². The molecule has 2 spiro atoms. The third-order valence-electron chi connectivity index (χ3n) is 11.8. The van der Waals surface area contributed by atoms with E-state index in [2.05, 4.69) is 27.7 Å². The molecule has 10 nitrogen and oxygen atoms in total. The second-order valence-electron chi connectivity index (χ2n) is 14.3. The van der Waals surface area contributed by atoms with Crippen LogP contribution in [0.3, 0.4) is 0 Å². The van der Waals surface area contributed by atoms with Gasteiger partial charge in [-0.2, -0.15) is 4.89 Å². The summed E-state index contributed by atoms with van der Waals surface area (Å²) in [5.41, 5.74) is -1.45. The van der Waals surface area contributed by atoms with Crippen molar-refractivity contribution in [3.63, 3.8) is 0 Å². The molecule has 16 atom stereocenters. The van der Waals surface area contributed by atoms with E-state index in [0.717, 1.165) is 38.5 Å². The highest BCUT2D eigenvalue weighted by Gasteiger charge is 2.72. The molecule has 0 N–H and O–H groups in total. The van der Waals surface area contributed by atoms with Gasteiger partial charge >= 0.3 is 0 Å². The SMILES string of the molecule is C[C@@H]1CC[C@H]2[C@@H](C)C(OC3O[C@@H]4OC5(C)CO[C@H]6[C@H](C)CC[C@@H]([C@H]3C)[C@@]46OO5)O[C@@H]3OC4(C)CC[C@@H]1C32OO4. The molecule has 5 unspecified atom stereocenters. The van der Waals surface area contributed by atoms with Crippen molar-refractivity contribution >= 4 is 0 Å². The molecule has 10 fully saturated rings. The number of fused-ring (bicyclic) bond motifs is 4. The first-order chi connectivity index (χ1) is 18.6. The van der Waals surface area contributed by atoms with Crippen molar-refractivity contribution in [2.75, 3.05) is 6.61 Å². The van der Waals surface area contributed by atoms with Gasteiger partial charge in [0.15, 0.2) is 36.4 Å². The molecule has 10 aliphatic rings. The summed E-state index contributed by atoms with van der Waals surface area (Å²) >= 11 is 0. The molecule has 0 radical (unpaired) electrons. The first-order valence-electron chi connectivity index (χ1n) is 15.3. The molecule has 0 aromatic carbocycles. The maximum absolute atomic E-state index is 6.81. The summed E-state index contributed by atoms with van der Waals surface area (Å²) in [5.74, 6) is -0.399. The van der Waals surface area contributed by atoms with Crippen LogP contribution in [0.2, 0.25) is 0 Å². The number of hydrogen-bond donors (Lipinski definition) is 0. The highest BCUT2D eigenvalue weighted by atomic mass is 17.3. The lowest BCUT2D eigenvalue weighted by Gasteiger charge is -2.61. The van der Waals surface area contributed by atoms with Crippen LogP contribution in [0.15, 0.2) is 0 Å². The number of hydrogen-bond acceptors (Lipinski definition) is 10. The molecule has 8 heterocycles. The zero-order chi connectivity index (χ0) is 26.9. The Bertz CT molecular complexity index is 921. The molecule has 4 bridgehead atoms. The van der Waals surface area contributed by atoms with Gasteiger partial charge < -0.3 is 28.4 Å². The molecule has 220 valence electrons. The molecule has 2 saturated carbocycles. The molecule has 0 aromatic heterocycles. The third kappa shape index (κ3) is 3.45. The summed E-state index contributed by atoms with van der Waals surface area (Å²) in [6, 6.07) is 0. The van der Waals surface area contributed by atoms with Crippen LogP contribution in [0.1, 0.15) is 80.1 Å². The predicted molar refractivity (Wildman–Crippen MR) is 132 cm³/mol. The Labute approximate surface area is 230 Å². The maximum Gasteiger partial charge on any atom is 0.224 e. The Kier molecular flexibility index (Phi) is 5.78. The highest BCUT2D eigenvalue weighted by molar-refractivity contribution is 5.11. The third-order valence-corrected chi connectivity index (χ3v) is 11.8. The Balaban J connectivity index is 1.09. The van der Waals surface area contributed by atoms with Crippen molar-refractivity contribution in [1.82, 2.24) is 0 Å². The summed E-state index contributed by atoms with van der Waals surface area (Å²) in [7, 11) is 0. The van der Waals surface area contributed by atoms with Gasteiger partial charge in [0.1, 0.15) is 6.61 Å². The zero-order valence-corrected chi connectivity index (χ0v) is 24.0. The molecular weight excluding hydrogens is 508 g/mol. The lowest BCUT2D eigenvalue weighted by Crippen LogP contribution is -2.73. The van der Waals surface area contributed by atoms with Gasteiger partial charge in [-0.05, 0) is 63.7 Å². The second kappa shape index (κ2) is 8.58. The van der Waals surface area contributed by atoms with E-state index in [9.17, 15) is 0 Å². The Hall–Kier alpha value is -0.400. The van der Waals surface area contributed by atoms with E-state index >= 15 is 0 Å². The standard InChI is InChI=1S/C29H44O10/c1-14-7-9-19-16(3)22(32-24-28(19)18(14)11-12-26(5,34-24)36-38-28)31-23-17(4)20-10-8-15(2)21-29(20)25(33-23)35-27(6,13-30-21)37-39-29/h14-25H,7-13H2,1-6H3/t14-,15-,16-,17-,18+,19+,20+,21+,22?,23?,24-,25-,26?,27?,28?,29+/m1/s1. The van der Waals surface area contributed by atoms with Crippen LogP contribution in [0.4, 0.5) is 0 Å². The molecule has 0 amide bonds. The Morgan fingerprint density at radius 1 is 0.615 bits per heavy atom. The summed E-state index contributed by atoms with van der Waals surface area (Å²) in [5, 5.41) is 0. The minimum absolute atomic E-state index is 0.00363. The van der Waals surface area contributed by atoms with Crippen molar-refractivity contribution < 1.29 is 48.0 Å². The summed E-state index contributed by atoms with van der Waals surface area (Å²) in [6.45, 7) is 13.0. The van der Waals surface area contributed by atoms with Gasteiger partial charge in [-0.15, -0.1) is 0 Å². The van der Waals surface area contributed by atoms with Crippen LogP contribution in [-0.2, 0) is 48.0 Å². The van der Waals surface area contributed by atoms with Gasteiger partial charge in [-0.3, -0.25) is 0 Å². The van der Waals surface area contributed by atoms with Crippen LogP contribution in [0.5, 0.6) is 0 Å². The minimum atomic E-state index is -1.03. The van der Waals surface area contributed by atoms with Crippen molar-refractivity contribution in [3.05, 3.63) is 0 Å². The van der Waals surface area contributed by atoms with Crippen LogP contribution in [-0.4, -0.2) is 60.6 Å². The molecule has 8 aliphatic heterocycles. The summed E-state index contributed by atoms with van der Waals surface area (Å²) in [4.78, 5) is 24.3. The number of ether oxygens (including phenoxy) is 6. The van der Waals surface area contributed by atoms with Crippen molar-refractivity contribution in [2.45, 2.75) is 134 Å². The second-order valence-corrected chi connectivity index (χ2v) is 14.3. The van der Waals surface area contributed by atoms with Crippen LogP contribution >= 0.6 is 0 Å². The monoisotopic (exact) mass is 552 g/mol. The van der Waals surface area contributed by atoms with E-state index in [1.54, 1.807) is 0 Å². The van der Waals surface area contributed by atoms with E-state index in [1.807, 2.05) is 13.8 Å². The first kappa shape index (κ1) is 26.2. The molecular formula is C29H44O10. The summed E-state index contributed by atoms with van der Waals surface area (Å²) < 4.78 is 39.5. The fourth-order valence-electron chi connectivity index (χ4n) is 9.58. The molecule has 39 heavy (non-hydrogen) atoms. The van der Waals surface area contributed by atoms with E-state index in [0.29, 0.717) is 24.4 Å². The van der Waals surface area contributed by atoms with Gasteiger partial charge in [0.05, 0.1) is 6.10 Å². The Morgan fingerprint density at radius 2 is 1.21 bits per heavy atom. The van der Waals surface area contributed by atoms with Crippen molar-refractivity contribution in [2.24, 2.45) is 41.4 Å². The average Bonchev–Trinajstić information content (AvgIpc) is 3.27. The van der Waals surface area contributed by atoms with Gasteiger partial charge in [0.2, 0.25) is 11.6 Å². The first-order valence-corrected chi connectivity index (χ1v) is 15.3. The van der Waals surface area contributed by atoms with Gasteiger partial charge in [-0.1, -0.05) is 27.7 Å². The van der Waals surface area contributed by atoms with Crippen molar-refractivity contribution in [3.8, 4) is 0 Å². The molecule has 2 aliphatic carbocycles. The van der Waals surface area contributed by atoms with Gasteiger partial charge in [-0.25, -0.2) is 14.7 Å². The van der Waals surface area contributed by atoms with Crippen LogP contribution in [0.25, 0.3) is 0 Å². The number of rotatable bonds is 2. The molecule has 10 rings (SSSR count). The van der Waals surface area contributed by atoms with Crippen LogP contribution in [0, 0.1) is 41.4 Å². The molecule has 10 heteroatoms. The lowest BCUT2D eigenvalue weighted by atomic mass is 9.58. The Morgan fingerprint density at radius 3 is 1.95 bits per heavy atom. The van der Waals surface area contributed by atoms with Crippen LogP contribution < -0.4 is 0 Å². The normalized spacial score (nSPS) is 63.5. The largest absolute Gasteiger partial charge is 0.369 e. The van der Waals surface area contributed by atoms with Gasteiger partial charge in [0.25, 0.3) is 0 Å². The lowest BCUT2D eigenvalue weighted by molar-refractivity contribution is -0.587. The van der Waals surface area contributed by atoms with E-state index < -0.39 is 47.9 Å². The summed E-state index contributed by atoms with van der Waals surface area (Å²) in [6.07, 6.45) is 3.48. The molecule has 8 saturated heterocycles. The van der Waals surface area contributed by atoms with E-state index in [1.165, 1.54) is 0 Å². The average molecular weight is 553 g/mol. The maximum atomic E-state index is 6.81. The smallest absolute Gasteiger partial charge is 0.224 e. The van der Waals surface area contributed by atoms with Crippen molar-refractivity contribution in [1.29, 1.82) is 0 Å². The fourth-order valence-corrected chi connectivity index (χ4v) is 9.58.